The van der Waals surface area contributed by atoms with Crippen molar-refractivity contribution in [2.45, 2.75) is 303 Å². The minimum absolute atomic E-state index is 0.0795. The molecule has 0 radical (unpaired) electrons. The lowest BCUT2D eigenvalue weighted by Crippen LogP contribution is -2.30. The highest BCUT2D eigenvalue weighted by atomic mass is 16.6. The van der Waals surface area contributed by atoms with Gasteiger partial charge in [-0.15, -0.1) is 0 Å². The van der Waals surface area contributed by atoms with Crippen molar-refractivity contribution < 1.29 is 28.6 Å². The van der Waals surface area contributed by atoms with Crippen molar-refractivity contribution in [3.63, 3.8) is 0 Å². The minimum atomic E-state index is -0.782. The average Bonchev–Trinajstić information content (AvgIpc) is 3.29. The maximum Gasteiger partial charge on any atom is 0.306 e. The quantitative estimate of drug-likeness (QED) is 0.0262. The van der Waals surface area contributed by atoms with Gasteiger partial charge in [-0.3, -0.25) is 14.4 Å². The molecule has 6 heteroatoms. The lowest BCUT2D eigenvalue weighted by molar-refractivity contribution is -0.167. The van der Waals surface area contributed by atoms with Gasteiger partial charge in [-0.05, 0) is 51.4 Å². The van der Waals surface area contributed by atoms with Gasteiger partial charge in [0.1, 0.15) is 13.2 Å². The van der Waals surface area contributed by atoms with Crippen LogP contribution in [0, 0.1) is 0 Å². The Morgan fingerprint density at radius 2 is 0.609 bits per heavy atom. The Bertz CT molecular complexity index is 1080. The summed E-state index contributed by atoms with van der Waals surface area (Å²) in [5, 5.41) is 0. The summed E-state index contributed by atoms with van der Waals surface area (Å²) < 4.78 is 16.8. The molecule has 64 heavy (non-hydrogen) atoms. The smallest absolute Gasteiger partial charge is 0.306 e. The summed E-state index contributed by atoms with van der Waals surface area (Å²) in [5.74, 6) is -0.894. The molecule has 0 saturated carbocycles. The Morgan fingerprint density at radius 3 is 0.953 bits per heavy atom. The Labute approximate surface area is 397 Å². The van der Waals surface area contributed by atoms with Crippen LogP contribution in [0.5, 0.6) is 0 Å². The molecule has 0 saturated heterocycles. The van der Waals surface area contributed by atoms with Gasteiger partial charge in [-0.25, -0.2) is 0 Å². The molecule has 0 aromatic heterocycles. The summed E-state index contributed by atoms with van der Waals surface area (Å²) in [4.78, 5) is 38.0. The van der Waals surface area contributed by atoms with Gasteiger partial charge in [0.25, 0.3) is 0 Å². The minimum Gasteiger partial charge on any atom is -0.462 e. The summed E-state index contributed by atoms with van der Waals surface area (Å²) in [6.45, 7) is 6.53. The second-order valence-corrected chi connectivity index (χ2v) is 18.8. The summed E-state index contributed by atoms with van der Waals surface area (Å²) >= 11 is 0. The van der Waals surface area contributed by atoms with Crippen molar-refractivity contribution in [3.05, 3.63) is 36.5 Å². The van der Waals surface area contributed by atoms with Crippen molar-refractivity contribution in [1.29, 1.82) is 0 Å². The van der Waals surface area contributed by atoms with Crippen molar-refractivity contribution in [3.8, 4) is 0 Å². The third-order valence-corrected chi connectivity index (χ3v) is 12.4. The molecule has 1 unspecified atom stereocenters. The third kappa shape index (κ3) is 50.6. The largest absolute Gasteiger partial charge is 0.462 e. The van der Waals surface area contributed by atoms with Gasteiger partial charge < -0.3 is 14.2 Å². The fraction of sp³-hybridized carbons (Fsp3) is 0.845. The summed E-state index contributed by atoms with van der Waals surface area (Å²) in [6, 6.07) is 0. The predicted molar refractivity (Wildman–Crippen MR) is 275 cm³/mol. The van der Waals surface area contributed by atoms with Crippen LogP contribution >= 0.6 is 0 Å². The molecule has 0 aliphatic heterocycles. The molecular formula is C58H106O6. The summed E-state index contributed by atoms with van der Waals surface area (Å²) in [6.07, 6.45) is 62.9. The summed E-state index contributed by atoms with van der Waals surface area (Å²) in [5.41, 5.74) is 0. The van der Waals surface area contributed by atoms with Crippen LogP contribution in [-0.2, 0) is 28.6 Å². The normalized spacial score (nSPS) is 12.2. The van der Waals surface area contributed by atoms with E-state index in [-0.39, 0.29) is 31.1 Å². The number of carbonyl (C=O) groups excluding carboxylic acids is 3. The van der Waals surface area contributed by atoms with E-state index in [9.17, 15) is 14.4 Å². The number of rotatable bonds is 51. The number of allylic oxidation sites excluding steroid dienone is 6. The molecule has 0 aliphatic carbocycles. The van der Waals surface area contributed by atoms with Gasteiger partial charge in [0.15, 0.2) is 6.10 Å². The van der Waals surface area contributed by atoms with E-state index in [1.165, 1.54) is 173 Å². The molecule has 0 N–H and O–H groups in total. The molecule has 0 spiro atoms. The molecule has 374 valence electrons. The molecular weight excluding hydrogens is 793 g/mol. The number of hydrogen-bond donors (Lipinski definition) is 0. The molecule has 1 atom stereocenters. The van der Waals surface area contributed by atoms with Crippen LogP contribution in [0.3, 0.4) is 0 Å². The average molecular weight is 899 g/mol. The maximum absolute atomic E-state index is 12.8. The van der Waals surface area contributed by atoms with Gasteiger partial charge in [0.05, 0.1) is 0 Å². The van der Waals surface area contributed by atoms with Crippen LogP contribution in [0.25, 0.3) is 0 Å². The van der Waals surface area contributed by atoms with Crippen molar-refractivity contribution in [1.82, 2.24) is 0 Å². The van der Waals surface area contributed by atoms with E-state index in [1.807, 2.05) is 0 Å². The molecule has 0 heterocycles. The first-order valence-electron chi connectivity index (χ1n) is 28.0. The van der Waals surface area contributed by atoms with Crippen molar-refractivity contribution in [2.75, 3.05) is 13.2 Å². The molecule has 0 aliphatic rings. The van der Waals surface area contributed by atoms with E-state index in [2.05, 4.69) is 57.2 Å². The second kappa shape index (κ2) is 53.2. The molecule has 0 aromatic carbocycles. The van der Waals surface area contributed by atoms with Crippen LogP contribution in [0.15, 0.2) is 36.5 Å². The summed E-state index contributed by atoms with van der Waals surface area (Å²) in [7, 11) is 0. The van der Waals surface area contributed by atoms with E-state index in [0.29, 0.717) is 19.3 Å². The van der Waals surface area contributed by atoms with Crippen LogP contribution < -0.4 is 0 Å². The molecule has 0 rings (SSSR count). The van der Waals surface area contributed by atoms with E-state index < -0.39 is 6.10 Å². The monoisotopic (exact) mass is 899 g/mol. The standard InChI is InChI=1S/C58H106O6/c1-4-7-10-13-16-19-22-25-26-27-28-29-30-31-32-34-36-39-42-45-48-51-57(60)63-54-55(53-62-56(59)50-47-44-41-38-35-24-21-18-15-12-9-6-3)64-58(61)52-49-46-43-40-37-33-23-20-17-14-11-8-5-2/h8,11,17,20,33,37,55H,4-7,9-10,12-16,18-19,21-32,34-36,38-54H2,1-3H3/b11-8-,20-17-,37-33-. The van der Waals surface area contributed by atoms with Gasteiger partial charge in [0, 0.05) is 19.3 Å². The number of esters is 3. The van der Waals surface area contributed by atoms with Gasteiger partial charge in [-0.1, -0.05) is 263 Å². The SMILES string of the molecule is CC/C=C\C/C=C\C/C=C\CCCCCC(=O)OC(COC(=O)CCCCCCCCCCCCCC)COC(=O)CCCCCCCCCCCCCCCCCCCCCCC. The Morgan fingerprint density at radius 1 is 0.328 bits per heavy atom. The van der Waals surface area contributed by atoms with Crippen LogP contribution in [0.1, 0.15) is 297 Å². The van der Waals surface area contributed by atoms with Gasteiger partial charge >= 0.3 is 17.9 Å². The number of hydrogen-bond acceptors (Lipinski definition) is 6. The Balaban J connectivity index is 4.27. The first kappa shape index (κ1) is 61.6. The topological polar surface area (TPSA) is 78.9 Å². The van der Waals surface area contributed by atoms with E-state index >= 15 is 0 Å². The van der Waals surface area contributed by atoms with Crippen molar-refractivity contribution in [2.24, 2.45) is 0 Å². The lowest BCUT2D eigenvalue weighted by atomic mass is 10.0. The predicted octanol–water partition coefficient (Wildman–Crippen LogP) is 18.5. The fourth-order valence-corrected chi connectivity index (χ4v) is 8.22. The highest BCUT2D eigenvalue weighted by molar-refractivity contribution is 5.71. The van der Waals surface area contributed by atoms with Crippen LogP contribution in [0.4, 0.5) is 0 Å². The third-order valence-electron chi connectivity index (χ3n) is 12.4. The molecule has 0 amide bonds. The Kier molecular flexibility index (Phi) is 51.3. The Hall–Kier alpha value is -2.37. The number of carbonyl (C=O) groups is 3. The zero-order valence-electron chi connectivity index (χ0n) is 42.8. The number of ether oxygens (including phenoxy) is 3. The molecule has 0 aromatic rings. The second-order valence-electron chi connectivity index (χ2n) is 18.8. The van der Waals surface area contributed by atoms with Crippen LogP contribution in [-0.4, -0.2) is 37.2 Å². The highest BCUT2D eigenvalue weighted by Gasteiger charge is 2.19. The van der Waals surface area contributed by atoms with Crippen molar-refractivity contribution >= 4 is 17.9 Å². The first-order chi connectivity index (χ1) is 31.5. The highest BCUT2D eigenvalue weighted by Crippen LogP contribution is 2.17. The van der Waals surface area contributed by atoms with E-state index in [0.717, 1.165) is 83.5 Å². The van der Waals surface area contributed by atoms with Crippen LogP contribution in [0.2, 0.25) is 0 Å². The molecule has 0 fully saturated rings. The molecule has 0 bridgehead atoms. The zero-order valence-corrected chi connectivity index (χ0v) is 42.8. The first-order valence-corrected chi connectivity index (χ1v) is 28.0. The zero-order chi connectivity index (χ0) is 46.5. The maximum atomic E-state index is 12.8. The van der Waals surface area contributed by atoms with Gasteiger partial charge in [-0.2, -0.15) is 0 Å². The fourth-order valence-electron chi connectivity index (χ4n) is 8.22. The lowest BCUT2D eigenvalue weighted by Gasteiger charge is -2.18. The van der Waals surface area contributed by atoms with Gasteiger partial charge in [0.2, 0.25) is 0 Å². The van der Waals surface area contributed by atoms with E-state index in [1.54, 1.807) is 0 Å². The number of unbranched alkanes of at least 4 members (excludes halogenated alkanes) is 34. The molecule has 6 nitrogen and oxygen atoms in total. The van der Waals surface area contributed by atoms with E-state index in [4.69, 9.17) is 14.2 Å².